The van der Waals surface area contributed by atoms with E-state index in [-0.39, 0.29) is 5.82 Å². The molecule has 2 rings (SSSR count). The molecule has 0 bridgehead atoms. The SMILES string of the molecule is CC(O)(Cc1ccc(F)cc1)C1(CN)CCOC1. The summed E-state index contributed by atoms with van der Waals surface area (Å²) >= 11 is 0. The summed E-state index contributed by atoms with van der Waals surface area (Å²) in [6.45, 7) is 3.30. The van der Waals surface area contributed by atoms with Gasteiger partial charge in [-0.1, -0.05) is 12.1 Å². The quantitative estimate of drug-likeness (QED) is 0.854. The van der Waals surface area contributed by atoms with Crippen LogP contribution in [0.25, 0.3) is 0 Å². The summed E-state index contributed by atoms with van der Waals surface area (Å²) in [7, 11) is 0. The van der Waals surface area contributed by atoms with E-state index in [1.54, 1.807) is 19.1 Å². The summed E-state index contributed by atoms with van der Waals surface area (Å²) < 4.78 is 18.3. The Morgan fingerprint density at radius 1 is 1.44 bits per heavy atom. The minimum absolute atomic E-state index is 0.267. The lowest BCUT2D eigenvalue weighted by Crippen LogP contribution is -2.52. The number of benzene rings is 1. The normalized spacial score (nSPS) is 27.1. The van der Waals surface area contributed by atoms with Gasteiger partial charge in [0.25, 0.3) is 0 Å². The Bertz CT molecular complexity index is 397. The first-order valence-corrected chi connectivity index (χ1v) is 6.24. The molecule has 1 aromatic carbocycles. The highest BCUT2D eigenvalue weighted by Crippen LogP contribution is 2.40. The van der Waals surface area contributed by atoms with Crippen molar-refractivity contribution in [1.82, 2.24) is 0 Å². The molecule has 2 atom stereocenters. The van der Waals surface area contributed by atoms with Crippen LogP contribution in [0.3, 0.4) is 0 Å². The maximum absolute atomic E-state index is 12.9. The minimum atomic E-state index is -0.948. The average Bonchev–Trinajstić information content (AvgIpc) is 2.82. The molecule has 1 aromatic rings. The molecule has 0 saturated carbocycles. The molecule has 3 N–H and O–H groups in total. The van der Waals surface area contributed by atoms with Crippen molar-refractivity contribution in [1.29, 1.82) is 0 Å². The summed E-state index contributed by atoms with van der Waals surface area (Å²) in [5.41, 5.74) is 5.39. The Morgan fingerprint density at radius 3 is 2.61 bits per heavy atom. The van der Waals surface area contributed by atoms with E-state index in [0.717, 1.165) is 12.0 Å². The third kappa shape index (κ3) is 2.41. The molecule has 1 fully saturated rings. The zero-order valence-electron chi connectivity index (χ0n) is 10.7. The fourth-order valence-electron chi connectivity index (χ4n) is 2.60. The van der Waals surface area contributed by atoms with Gasteiger partial charge in [0.2, 0.25) is 0 Å². The van der Waals surface area contributed by atoms with Crippen LogP contribution in [0.1, 0.15) is 18.9 Å². The second-order valence-electron chi connectivity index (χ2n) is 5.36. The number of hydrogen-bond donors (Lipinski definition) is 2. The molecule has 1 aliphatic heterocycles. The Morgan fingerprint density at radius 2 is 2.11 bits per heavy atom. The predicted octanol–water partition coefficient (Wildman–Crippen LogP) is 1.48. The minimum Gasteiger partial charge on any atom is -0.389 e. The van der Waals surface area contributed by atoms with Crippen molar-refractivity contribution in [3.8, 4) is 0 Å². The van der Waals surface area contributed by atoms with Crippen LogP contribution in [-0.2, 0) is 11.2 Å². The highest BCUT2D eigenvalue weighted by Gasteiger charge is 2.48. The number of nitrogens with two attached hydrogens (primary N) is 1. The number of rotatable bonds is 4. The van der Waals surface area contributed by atoms with Crippen LogP contribution in [-0.4, -0.2) is 30.5 Å². The van der Waals surface area contributed by atoms with E-state index < -0.39 is 11.0 Å². The maximum Gasteiger partial charge on any atom is 0.123 e. The van der Waals surface area contributed by atoms with Gasteiger partial charge < -0.3 is 15.6 Å². The van der Waals surface area contributed by atoms with Gasteiger partial charge in [0.1, 0.15) is 5.82 Å². The molecule has 1 heterocycles. The Balaban J connectivity index is 2.17. The summed E-state index contributed by atoms with van der Waals surface area (Å²) in [6.07, 6.45) is 1.21. The molecule has 18 heavy (non-hydrogen) atoms. The van der Waals surface area contributed by atoms with E-state index in [1.165, 1.54) is 12.1 Å². The number of ether oxygens (including phenoxy) is 1. The molecular formula is C14H20FNO2. The van der Waals surface area contributed by atoms with Gasteiger partial charge in [-0.3, -0.25) is 0 Å². The average molecular weight is 253 g/mol. The van der Waals surface area contributed by atoms with Crippen LogP contribution in [0.15, 0.2) is 24.3 Å². The smallest absolute Gasteiger partial charge is 0.123 e. The van der Waals surface area contributed by atoms with Crippen LogP contribution in [0.5, 0.6) is 0 Å². The van der Waals surface area contributed by atoms with Gasteiger partial charge >= 0.3 is 0 Å². The van der Waals surface area contributed by atoms with Crippen molar-refractivity contribution in [3.05, 3.63) is 35.6 Å². The largest absolute Gasteiger partial charge is 0.389 e. The van der Waals surface area contributed by atoms with Crippen LogP contribution in [0.4, 0.5) is 4.39 Å². The van der Waals surface area contributed by atoms with Gasteiger partial charge in [-0.05, 0) is 31.0 Å². The van der Waals surface area contributed by atoms with Gasteiger partial charge in [0.05, 0.1) is 12.2 Å². The molecule has 0 spiro atoms. The first-order chi connectivity index (χ1) is 8.49. The third-order valence-corrected chi connectivity index (χ3v) is 4.10. The Hall–Kier alpha value is -0.970. The van der Waals surface area contributed by atoms with Gasteiger partial charge in [-0.25, -0.2) is 4.39 Å². The van der Waals surface area contributed by atoms with Crippen LogP contribution in [0, 0.1) is 11.2 Å². The molecule has 1 aliphatic rings. The van der Waals surface area contributed by atoms with Gasteiger partial charge in [-0.15, -0.1) is 0 Å². The molecule has 3 nitrogen and oxygen atoms in total. The van der Waals surface area contributed by atoms with Crippen molar-refractivity contribution in [3.63, 3.8) is 0 Å². The van der Waals surface area contributed by atoms with Gasteiger partial charge in [0, 0.05) is 25.0 Å². The standard InChI is InChI=1S/C14H20FNO2/c1-13(17,14(9-16)6-7-18-10-14)8-11-2-4-12(15)5-3-11/h2-5,17H,6-10,16H2,1H3. The second kappa shape index (κ2) is 4.96. The van der Waals surface area contributed by atoms with E-state index in [9.17, 15) is 9.50 Å². The van der Waals surface area contributed by atoms with E-state index in [1.807, 2.05) is 0 Å². The lowest BCUT2D eigenvalue weighted by atomic mass is 9.69. The lowest BCUT2D eigenvalue weighted by Gasteiger charge is -2.41. The summed E-state index contributed by atoms with van der Waals surface area (Å²) in [6, 6.07) is 6.21. The molecule has 0 aromatic heterocycles. The van der Waals surface area contributed by atoms with Gasteiger partial charge in [0.15, 0.2) is 0 Å². The fourth-order valence-corrected chi connectivity index (χ4v) is 2.60. The molecule has 2 unspecified atom stereocenters. The molecule has 0 amide bonds. The fraction of sp³-hybridized carbons (Fsp3) is 0.571. The van der Waals surface area contributed by atoms with Crippen molar-refractivity contribution in [2.24, 2.45) is 11.1 Å². The first kappa shape index (κ1) is 13.5. The van der Waals surface area contributed by atoms with Crippen LogP contribution >= 0.6 is 0 Å². The summed E-state index contributed by atoms with van der Waals surface area (Å²) in [4.78, 5) is 0. The number of halogens is 1. The van der Waals surface area contributed by atoms with Gasteiger partial charge in [-0.2, -0.15) is 0 Å². The van der Waals surface area contributed by atoms with E-state index in [4.69, 9.17) is 10.5 Å². The first-order valence-electron chi connectivity index (χ1n) is 6.24. The third-order valence-electron chi connectivity index (χ3n) is 4.10. The Kier molecular flexibility index (Phi) is 3.71. The topological polar surface area (TPSA) is 55.5 Å². The van der Waals surface area contributed by atoms with Crippen molar-refractivity contribution in [2.75, 3.05) is 19.8 Å². The zero-order valence-corrected chi connectivity index (χ0v) is 10.7. The Labute approximate surface area is 107 Å². The van der Waals surface area contributed by atoms with Crippen molar-refractivity contribution >= 4 is 0 Å². The van der Waals surface area contributed by atoms with E-state index >= 15 is 0 Å². The lowest BCUT2D eigenvalue weighted by molar-refractivity contribution is -0.0680. The summed E-state index contributed by atoms with van der Waals surface area (Å²) in [5, 5.41) is 10.7. The maximum atomic E-state index is 12.9. The molecule has 4 heteroatoms. The highest BCUT2D eigenvalue weighted by atomic mass is 19.1. The predicted molar refractivity (Wildman–Crippen MR) is 67.7 cm³/mol. The molecule has 0 radical (unpaired) electrons. The van der Waals surface area contributed by atoms with Crippen LogP contribution < -0.4 is 5.73 Å². The van der Waals surface area contributed by atoms with E-state index in [0.29, 0.717) is 26.2 Å². The number of aliphatic hydroxyl groups is 1. The van der Waals surface area contributed by atoms with Crippen molar-refractivity contribution < 1.29 is 14.2 Å². The monoisotopic (exact) mass is 253 g/mol. The number of hydrogen-bond acceptors (Lipinski definition) is 3. The van der Waals surface area contributed by atoms with Crippen molar-refractivity contribution in [2.45, 2.75) is 25.4 Å². The summed E-state index contributed by atoms with van der Waals surface area (Å²) in [5.74, 6) is -0.267. The van der Waals surface area contributed by atoms with Crippen LogP contribution in [0.2, 0.25) is 0 Å². The van der Waals surface area contributed by atoms with E-state index in [2.05, 4.69) is 0 Å². The molecule has 1 saturated heterocycles. The zero-order chi connectivity index (χ0) is 13.2. The molecule has 100 valence electrons. The second-order valence-corrected chi connectivity index (χ2v) is 5.36. The molecular weight excluding hydrogens is 233 g/mol. The molecule has 0 aliphatic carbocycles. The highest BCUT2D eigenvalue weighted by molar-refractivity contribution is 5.19.